The van der Waals surface area contributed by atoms with E-state index in [4.69, 9.17) is 4.55 Å². The molecule has 1 saturated heterocycles. The molecule has 1 aliphatic heterocycles. The molecule has 2 heterocycles. The van der Waals surface area contributed by atoms with Crippen molar-refractivity contribution < 1.29 is 17.8 Å². The number of nitrogens with one attached hydrogen (secondary N) is 1. The number of carbonyl (C=O) groups excluding carboxylic acids is 1. The topological polar surface area (TPSA) is 127 Å². The molecule has 1 aromatic heterocycles. The number of hydrogen-bond acceptors (Lipinski definition) is 7. The lowest BCUT2D eigenvalue weighted by Gasteiger charge is -2.34. The van der Waals surface area contributed by atoms with Crippen molar-refractivity contribution >= 4 is 27.5 Å². The van der Waals surface area contributed by atoms with E-state index < -0.39 is 16.0 Å². The van der Waals surface area contributed by atoms with Crippen LogP contribution in [0.2, 0.25) is 0 Å². The number of nitrogens with zero attached hydrogens (tertiary/aromatic N) is 4. The fourth-order valence-corrected chi connectivity index (χ4v) is 3.40. The van der Waals surface area contributed by atoms with E-state index in [-0.39, 0.29) is 16.2 Å². The van der Waals surface area contributed by atoms with E-state index in [1.54, 1.807) is 6.20 Å². The molecule has 0 unspecified atom stereocenters. The standard InChI is InChI=1S/C19H19N5O4S/c20-13-15(19(25)22-16-4-3-5-17(12-16)29(26,27)28)14-23-8-10-24(11-9-23)18-6-1-2-7-21-18/h1-7,12,14H,8-11H2,(H,22,25)(H,26,27,28)/b15-14-. The molecule has 1 aromatic carbocycles. The summed E-state index contributed by atoms with van der Waals surface area (Å²) in [4.78, 5) is 20.4. The molecule has 150 valence electrons. The molecule has 1 aliphatic rings. The smallest absolute Gasteiger partial charge is 0.294 e. The molecular formula is C19H19N5O4S. The summed E-state index contributed by atoms with van der Waals surface area (Å²) in [6, 6.07) is 12.7. The van der Waals surface area contributed by atoms with E-state index >= 15 is 0 Å². The Balaban J connectivity index is 1.65. The maximum absolute atomic E-state index is 12.4. The van der Waals surface area contributed by atoms with Crippen LogP contribution in [0, 0.1) is 11.3 Å². The van der Waals surface area contributed by atoms with Crippen molar-refractivity contribution in [1.82, 2.24) is 9.88 Å². The minimum atomic E-state index is -4.39. The van der Waals surface area contributed by atoms with Crippen LogP contribution in [0.1, 0.15) is 0 Å². The van der Waals surface area contributed by atoms with Crippen LogP contribution in [0.5, 0.6) is 0 Å². The van der Waals surface area contributed by atoms with Gasteiger partial charge >= 0.3 is 0 Å². The molecule has 3 rings (SSSR count). The molecule has 1 amide bonds. The third-order valence-electron chi connectivity index (χ3n) is 4.35. The van der Waals surface area contributed by atoms with Gasteiger partial charge in [-0.3, -0.25) is 9.35 Å². The van der Waals surface area contributed by atoms with Crippen LogP contribution in [0.3, 0.4) is 0 Å². The van der Waals surface area contributed by atoms with Crippen molar-refractivity contribution in [1.29, 1.82) is 5.26 Å². The van der Waals surface area contributed by atoms with Crippen molar-refractivity contribution in [2.75, 3.05) is 36.4 Å². The summed E-state index contributed by atoms with van der Waals surface area (Å²) >= 11 is 0. The van der Waals surface area contributed by atoms with Crippen molar-refractivity contribution in [2.24, 2.45) is 0 Å². The summed E-state index contributed by atoms with van der Waals surface area (Å²) in [5, 5.41) is 11.8. The highest BCUT2D eigenvalue weighted by atomic mass is 32.2. The molecule has 10 heteroatoms. The molecule has 2 aromatic rings. The number of hydrogen-bond donors (Lipinski definition) is 2. The van der Waals surface area contributed by atoms with Crippen molar-refractivity contribution in [3.8, 4) is 6.07 Å². The van der Waals surface area contributed by atoms with Gasteiger partial charge in [0.15, 0.2) is 0 Å². The van der Waals surface area contributed by atoms with E-state index in [9.17, 15) is 18.5 Å². The van der Waals surface area contributed by atoms with Gasteiger partial charge in [-0.25, -0.2) is 4.98 Å². The number of anilines is 2. The van der Waals surface area contributed by atoms with Gasteiger partial charge in [-0.2, -0.15) is 13.7 Å². The molecular weight excluding hydrogens is 394 g/mol. The van der Waals surface area contributed by atoms with E-state index in [1.165, 1.54) is 24.4 Å². The third-order valence-corrected chi connectivity index (χ3v) is 5.20. The van der Waals surface area contributed by atoms with Crippen molar-refractivity contribution in [3.05, 3.63) is 60.4 Å². The van der Waals surface area contributed by atoms with Crippen LogP contribution in [-0.4, -0.2) is 54.9 Å². The Hall–Kier alpha value is -3.42. The van der Waals surface area contributed by atoms with E-state index in [0.29, 0.717) is 26.2 Å². The van der Waals surface area contributed by atoms with E-state index in [2.05, 4.69) is 15.2 Å². The Labute approximate surface area is 168 Å². The molecule has 0 radical (unpaired) electrons. The molecule has 0 atom stereocenters. The summed E-state index contributed by atoms with van der Waals surface area (Å²) in [6.45, 7) is 2.63. The van der Waals surface area contributed by atoms with Crippen molar-refractivity contribution in [2.45, 2.75) is 4.90 Å². The Kier molecular flexibility index (Phi) is 6.11. The van der Waals surface area contributed by atoms with Crippen LogP contribution < -0.4 is 10.2 Å². The molecule has 1 fully saturated rings. The Bertz CT molecular complexity index is 1060. The van der Waals surface area contributed by atoms with Gasteiger partial charge in [0.2, 0.25) is 0 Å². The minimum absolute atomic E-state index is 0.103. The van der Waals surface area contributed by atoms with Gasteiger partial charge in [0.05, 0.1) is 4.90 Å². The SMILES string of the molecule is N#C/C(=C/N1CCN(c2ccccn2)CC1)C(=O)Nc1cccc(S(=O)(=O)O)c1. The first-order chi connectivity index (χ1) is 13.9. The molecule has 0 spiro atoms. The number of piperazine rings is 1. The maximum atomic E-state index is 12.4. The second-order valence-corrected chi connectivity index (χ2v) is 7.74. The van der Waals surface area contributed by atoms with Gasteiger partial charge in [-0.1, -0.05) is 12.1 Å². The summed E-state index contributed by atoms with van der Waals surface area (Å²) in [6.07, 6.45) is 3.23. The van der Waals surface area contributed by atoms with E-state index in [0.717, 1.165) is 11.9 Å². The van der Waals surface area contributed by atoms with Gasteiger partial charge in [0, 0.05) is 44.3 Å². The molecule has 0 bridgehead atoms. The lowest BCUT2D eigenvalue weighted by molar-refractivity contribution is -0.112. The van der Waals surface area contributed by atoms with Gasteiger partial charge in [-0.05, 0) is 30.3 Å². The highest BCUT2D eigenvalue weighted by Crippen LogP contribution is 2.17. The first-order valence-electron chi connectivity index (χ1n) is 8.78. The normalized spacial score (nSPS) is 15.0. The number of aromatic nitrogens is 1. The Morgan fingerprint density at radius 1 is 1.17 bits per heavy atom. The quantitative estimate of drug-likeness (QED) is 0.429. The average Bonchev–Trinajstić information content (AvgIpc) is 2.72. The number of amides is 1. The molecule has 9 nitrogen and oxygen atoms in total. The summed E-state index contributed by atoms with van der Waals surface area (Å²) in [5.74, 6) is 0.222. The Morgan fingerprint density at radius 3 is 2.55 bits per heavy atom. The lowest BCUT2D eigenvalue weighted by Crippen LogP contribution is -2.44. The summed E-state index contributed by atoms with van der Waals surface area (Å²) < 4.78 is 31.5. The van der Waals surface area contributed by atoms with Crippen LogP contribution in [-0.2, 0) is 14.9 Å². The van der Waals surface area contributed by atoms with Crippen LogP contribution in [0.25, 0.3) is 0 Å². The third kappa shape index (κ3) is 5.31. The van der Waals surface area contributed by atoms with E-state index in [1.807, 2.05) is 29.2 Å². The molecule has 2 N–H and O–H groups in total. The zero-order valence-corrected chi connectivity index (χ0v) is 16.2. The Morgan fingerprint density at radius 2 is 1.93 bits per heavy atom. The zero-order chi connectivity index (χ0) is 20.9. The first-order valence-corrected chi connectivity index (χ1v) is 10.2. The van der Waals surface area contributed by atoms with Crippen molar-refractivity contribution in [3.63, 3.8) is 0 Å². The second-order valence-electron chi connectivity index (χ2n) is 6.32. The lowest BCUT2D eigenvalue weighted by atomic mass is 10.2. The van der Waals surface area contributed by atoms with Crippen LogP contribution in [0.15, 0.2) is 65.3 Å². The number of carbonyl (C=O) groups is 1. The summed E-state index contributed by atoms with van der Waals surface area (Å²) in [5.41, 5.74) is 0.0554. The highest BCUT2D eigenvalue weighted by molar-refractivity contribution is 7.85. The highest BCUT2D eigenvalue weighted by Gasteiger charge is 2.18. The van der Waals surface area contributed by atoms with Gasteiger partial charge < -0.3 is 15.1 Å². The summed E-state index contributed by atoms with van der Waals surface area (Å²) in [7, 11) is -4.39. The monoisotopic (exact) mass is 413 g/mol. The number of rotatable bonds is 5. The largest absolute Gasteiger partial charge is 0.373 e. The average molecular weight is 413 g/mol. The van der Waals surface area contributed by atoms with Crippen LogP contribution in [0.4, 0.5) is 11.5 Å². The molecule has 29 heavy (non-hydrogen) atoms. The molecule has 0 aliphatic carbocycles. The van der Waals surface area contributed by atoms with Gasteiger partial charge in [0.25, 0.3) is 16.0 Å². The fraction of sp³-hybridized carbons (Fsp3) is 0.211. The van der Waals surface area contributed by atoms with Crippen LogP contribution >= 0.6 is 0 Å². The minimum Gasteiger partial charge on any atom is -0.373 e. The number of pyridine rings is 1. The maximum Gasteiger partial charge on any atom is 0.294 e. The van der Waals surface area contributed by atoms with Gasteiger partial charge in [-0.15, -0.1) is 0 Å². The zero-order valence-electron chi connectivity index (χ0n) is 15.4. The molecule has 0 saturated carbocycles. The predicted molar refractivity (Wildman–Crippen MR) is 107 cm³/mol. The predicted octanol–water partition coefficient (Wildman–Crippen LogP) is 1.50. The first kappa shape index (κ1) is 20.3. The van der Waals surface area contributed by atoms with Gasteiger partial charge in [0.1, 0.15) is 17.5 Å². The number of benzene rings is 1. The second kappa shape index (κ2) is 8.72. The number of nitriles is 1. The fourth-order valence-electron chi connectivity index (χ4n) is 2.87.